The highest BCUT2D eigenvalue weighted by molar-refractivity contribution is 6.07. The monoisotopic (exact) mass is 518 g/mol. The maximum Gasteiger partial charge on any atom is 0.339 e. The summed E-state index contributed by atoms with van der Waals surface area (Å²) < 4.78 is 17.3. The summed E-state index contributed by atoms with van der Waals surface area (Å²) in [6.45, 7) is 7.14. The normalized spacial score (nSPS) is 38.5. The number of ether oxygens (including phenoxy) is 3. The van der Waals surface area contributed by atoms with Gasteiger partial charge in [-0.2, -0.15) is 0 Å². The molecule has 1 aromatic carbocycles. The number of esters is 2. The molecule has 0 saturated heterocycles. The van der Waals surface area contributed by atoms with Crippen LogP contribution in [0, 0.1) is 34.5 Å². The van der Waals surface area contributed by atoms with Crippen molar-refractivity contribution >= 4 is 23.5 Å². The van der Waals surface area contributed by atoms with Crippen molar-refractivity contribution < 1.29 is 33.4 Å². The molecule has 38 heavy (non-hydrogen) atoms. The standard InChI is InChI=1S/C31H34O7/c1-17-14-23-21-11-10-20-15-24(33)26-27(37-26)30(20,4)22(21)12-13-29(23,3)31(17,25(34)16-36-18(2)32)38-28(35)19-8-6-5-7-9-19/h5-9,15,17,21-23H,10-14,16H2,1-4H3/t17-,21+,22-,23-,29-,30-,31-/m0/s1. The van der Waals surface area contributed by atoms with E-state index >= 15 is 0 Å². The van der Waals surface area contributed by atoms with E-state index in [0.29, 0.717) is 17.7 Å². The summed E-state index contributed by atoms with van der Waals surface area (Å²) in [5, 5.41) is 0. The van der Waals surface area contributed by atoms with Gasteiger partial charge >= 0.3 is 11.9 Å². The Bertz CT molecular complexity index is 1310. The molecule has 7 nitrogen and oxygen atoms in total. The first-order valence-electron chi connectivity index (χ1n) is 13.7. The van der Waals surface area contributed by atoms with Crippen molar-refractivity contribution in [1.29, 1.82) is 0 Å². The number of allylic oxidation sites excluding steroid dienone is 2. The fraction of sp³-hybridized carbons (Fsp3) is 0.548. The Hall–Kier alpha value is -3.22. The average Bonchev–Trinajstić information content (AvgIpc) is 3.68. The van der Waals surface area contributed by atoms with Crippen LogP contribution < -0.4 is 0 Å². The van der Waals surface area contributed by atoms with Crippen LogP contribution in [0.1, 0.15) is 70.2 Å². The zero-order valence-corrected chi connectivity index (χ0v) is 22.4. The summed E-state index contributed by atoms with van der Waals surface area (Å²) in [6.07, 6.45) is 5.72. The lowest BCUT2D eigenvalue weighted by Gasteiger charge is -2.57. The molecule has 5 aliphatic rings. The summed E-state index contributed by atoms with van der Waals surface area (Å²) >= 11 is 0. The van der Waals surface area contributed by atoms with Crippen molar-refractivity contribution in [3.05, 3.63) is 59.1 Å². The minimum absolute atomic E-state index is 0.0241. The van der Waals surface area contributed by atoms with Gasteiger partial charge in [-0.05, 0) is 75.0 Å². The number of hydrogen-bond donors (Lipinski definition) is 0. The van der Waals surface area contributed by atoms with Gasteiger partial charge in [0.2, 0.25) is 17.3 Å². The first-order chi connectivity index (χ1) is 18.0. The Morgan fingerprint density at radius 1 is 1.08 bits per heavy atom. The Morgan fingerprint density at radius 2 is 1.82 bits per heavy atom. The fourth-order valence-electron chi connectivity index (χ4n) is 8.81. The second-order valence-corrected chi connectivity index (χ2v) is 12.2. The van der Waals surface area contributed by atoms with Gasteiger partial charge in [0.05, 0.1) is 11.0 Å². The molecule has 0 N–H and O–H groups in total. The number of rotatable bonds is 5. The topological polar surface area (TPSA) is 99.3 Å². The zero-order chi connectivity index (χ0) is 27.0. The third-order valence-corrected chi connectivity index (χ3v) is 10.6. The molecule has 0 aromatic heterocycles. The highest BCUT2D eigenvalue weighted by atomic mass is 16.6. The first kappa shape index (κ1) is 25.1. The van der Waals surface area contributed by atoms with Crippen LogP contribution in [-0.4, -0.2) is 35.7 Å². The summed E-state index contributed by atoms with van der Waals surface area (Å²) in [6, 6.07) is 8.73. The lowest BCUT2D eigenvalue weighted by Crippen LogP contribution is -2.61. The van der Waals surface area contributed by atoms with Crippen molar-refractivity contribution in [3.8, 4) is 0 Å². The molecule has 0 unspecified atom stereocenters. The van der Waals surface area contributed by atoms with Gasteiger partial charge in [-0.3, -0.25) is 14.4 Å². The van der Waals surface area contributed by atoms with Crippen LogP contribution in [0.25, 0.3) is 0 Å². The van der Waals surface area contributed by atoms with Crippen LogP contribution in [0.15, 0.2) is 53.5 Å². The fourth-order valence-corrected chi connectivity index (χ4v) is 8.81. The van der Waals surface area contributed by atoms with E-state index in [2.05, 4.69) is 13.8 Å². The number of carbonyl (C=O) groups excluding carboxylic acids is 4. The maximum absolute atomic E-state index is 14.0. The molecule has 7 heteroatoms. The summed E-state index contributed by atoms with van der Waals surface area (Å²) in [5.41, 5.74) is -0.798. The van der Waals surface area contributed by atoms with Crippen molar-refractivity contribution in [1.82, 2.24) is 0 Å². The molecule has 0 amide bonds. The Morgan fingerprint density at radius 3 is 2.53 bits per heavy atom. The van der Waals surface area contributed by atoms with Gasteiger partial charge in [0.1, 0.15) is 0 Å². The second-order valence-electron chi connectivity index (χ2n) is 12.2. The van der Waals surface area contributed by atoms with E-state index in [0.717, 1.165) is 37.0 Å². The smallest absolute Gasteiger partial charge is 0.339 e. The molecule has 3 saturated carbocycles. The van der Waals surface area contributed by atoms with E-state index in [9.17, 15) is 19.2 Å². The molecule has 1 heterocycles. The van der Waals surface area contributed by atoms with E-state index in [1.54, 1.807) is 30.3 Å². The third kappa shape index (κ3) is 3.26. The van der Waals surface area contributed by atoms with Crippen LogP contribution in [0.5, 0.6) is 0 Å². The van der Waals surface area contributed by atoms with Crippen molar-refractivity contribution in [3.63, 3.8) is 0 Å². The molecule has 7 atom stereocenters. The number of ketones is 2. The molecule has 0 spiro atoms. The van der Waals surface area contributed by atoms with Crippen LogP contribution in [0.2, 0.25) is 0 Å². The predicted molar refractivity (Wildman–Crippen MR) is 136 cm³/mol. The predicted octanol–water partition coefficient (Wildman–Crippen LogP) is 4.95. The number of fused-ring (bicyclic) bond motifs is 6. The summed E-state index contributed by atoms with van der Waals surface area (Å²) in [7, 11) is 0. The average molecular weight is 519 g/mol. The SMILES string of the molecule is CC(=O)OCC(=O)[C@@]1(OC(=O)c2ccccc2)[C@@H](C)C[C@H]2[C@@H]3CCC4=CC(=O)C5=C(O5)[C@]4(C)[C@H]3CC[C@@]21C. The molecule has 0 radical (unpaired) electrons. The Kier molecular flexibility index (Phi) is 5.54. The molecule has 4 aliphatic carbocycles. The molecule has 1 aromatic rings. The van der Waals surface area contributed by atoms with E-state index < -0.39 is 29.6 Å². The van der Waals surface area contributed by atoms with Gasteiger partial charge in [0, 0.05) is 18.3 Å². The lowest BCUT2D eigenvalue weighted by molar-refractivity contribution is -0.175. The second kappa shape index (κ2) is 8.39. The van der Waals surface area contributed by atoms with Crippen LogP contribution in [0.4, 0.5) is 0 Å². The number of carbonyl (C=O) groups is 4. The van der Waals surface area contributed by atoms with Crippen LogP contribution in [0.3, 0.4) is 0 Å². The van der Waals surface area contributed by atoms with Gasteiger partial charge in [-0.15, -0.1) is 0 Å². The van der Waals surface area contributed by atoms with Gasteiger partial charge in [-0.25, -0.2) is 4.79 Å². The molecular formula is C31H34O7. The van der Waals surface area contributed by atoms with Crippen molar-refractivity contribution in [2.45, 2.75) is 65.4 Å². The highest BCUT2D eigenvalue weighted by Crippen LogP contribution is 2.71. The van der Waals surface area contributed by atoms with Gasteiger partial charge in [0.25, 0.3) is 0 Å². The molecular weight excluding hydrogens is 484 g/mol. The quantitative estimate of drug-likeness (QED) is 0.508. The van der Waals surface area contributed by atoms with Gasteiger partial charge in [-0.1, -0.05) is 37.6 Å². The van der Waals surface area contributed by atoms with E-state index in [1.165, 1.54) is 6.92 Å². The van der Waals surface area contributed by atoms with E-state index in [1.807, 2.05) is 13.0 Å². The summed E-state index contributed by atoms with van der Waals surface area (Å²) in [4.78, 5) is 51.5. The van der Waals surface area contributed by atoms with Crippen LogP contribution >= 0.6 is 0 Å². The molecule has 0 bridgehead atoms. The highest BCUT2D eigenvalue weighted by Gasteiger charge is 2.72. The molecule has 3 fully saturated rings. The van der Waals surface area contributed by atoms with Crippen LogP contribution in [-0.2, 0) is 28.6 Å². The van der Waals surface area contributed by atoms with Gasteiger partial charge < -0.3 is 14.2 Å². The minimum atomic E-state index is -1.41. The van der Waals surface area contributed by atoms with Crippen molar-refractivity contribution in [2.24, 2.45) is 34.5 Å². The minimum Gasteiger partial charge on any atom is -0.458 e. The summed E-state index contributed by atoms with van der Waals surface area (Å²) in [5.74, 6) is 0.310. The largest absolute Gasteiger partial charge is 0.458 e. The first-order valence-corrected chi connectivity index (χ1v) is 13.7. The Labute approximate surface area is 222 Å². The third-order valence-electron chi connectivity index (χ3n) is 10.6. The molecule has 200 valence electrons. The van der Waals surface area contributed by atoms with E-state index in [-0.39, 0.29) is 40.7 Å². The van der Waals surface area contributed by atoms with E-state index in [4.69, 9.17) is 14.2 Å². The Balaban J connectivity index is 1.38. The zero-order valence-electron chi connectivity index (χ0n) is 22.4. The molecule has 1 aliphatic heterocycles. The number of benzene rings is 1. The lowest BCUT2D eigenvalue weighted by atomic mass is 9.47. The number of Topliss-reactive ketones (excluding diaryl/α,β-unsaturated/α-hetero) is 1. The maximum atomic E-state index is 14.0. The van der Waals surface area contributed by atoms with Gasteiger partial charge in [0.15, 0.2) is 18.0 Å². The molecule has 6 rings (SSSR count). The number of hydrogen-bond acceptors (Lipinski definition) is 7. The van der Waals surface area contributed by atoms with Crippen molar-refractivity contribution in [2.75, 3.05) is 6.61 Å².